The van der Waals surface area contributed by atoms with Crippen LogP contribution in [0.5, 0.6) is 0 Å². The monoisotopic (exact) mass is 306 g/mol. The van der Waals surface area contributed by atoms with Crippen LogP contribution in [0.4, 0.5) is 0 Å². The molecule has 100 valence electrons. The summed E-state index contributed by atoms with van der Waals surface area (Å²) in [5, 5.41) is 15.3. The molecule has 0 aromatic carbocycles. The third-order valence-electron chi connectivity index (χ3n) is 3.33. The van der Waals surface area contributed by atoms with E-state index in [2.05, 4.69) is 21.2 Å². The van der Waals surface area contributed by atoms with Crippen molar-refractivity contribution in [1.29, 1.82) is 0 Å². The van der Waals surface area contributed by atoms with Crippen molar-refractivity contribution in [3.05, 3.63) is 0 Å². The van der Waals surface area contributed by atoms with Gasteiger partial charge in [0.15, 0.2) is 0 Å². The van der Waals surface area contributed by atoms with Crippen LogP contribution in [0.2, 0.25) is 0 Å². The molecule has 17 heavy (non-hydrogen) atoms. The maximum atomic E-state index is 11.6. The Morgan fingerprint density at radius 1 is 1.35 bits per heavy atom. The minimum Gasteiger partial charge on any atom is -0.353 e. The van der Waals surface area contributed by atoms with E-state index in [1.807, 2.05) is 27.7 Å². The Labute approximate surface area is 112 Å². The lowest BCUT2D eigenvalue weighted by Gasteiger charge is -2.51. The molecule has 0 unspecified atom stereocenters. The van der Waals surface area contributed by atoms with Crippen LogP contribution in [0, 0.1) is 0 Å². The highest BCUT2D eigenvalue weighted by atomic mass is 79.9. The van der Waals surface area contributed by atoms with Gasteiger partial charge in [-0.05, 0) is 40.5 Å². The van der Waals surface area contributed by atoms with Gasteiger partial charge >= 0.3 is 0 Å². The van der Waals surface area contributed by atoms with Crippen LogP contribution in [-0.2, 0) is 4.79 Å². The number of hydroxylamine groups is 2. The molecule has 4 nitrogen and oxygen atoms in total. The highest BCUT2D eigenvalue weighted by Gasteiger charge is 2.45. The number of halogens is 1. The van der Waals surface area contributed by atoms with Crippen LogP contribution >= 0.6 is 15.9 Å². The number of carbonyl (C=O) groups is 1. The second-order valence-corrected chi connectivity index (χ2v) is 6.84. The fraction of sp³-hybridized carbons (Fsp3) is 0.917. The zero-order valence-electron chi connectivity index (χ0n) is 11.1. The van der Waals surface area contributed by atoms with Gasteiger partial charge in [0, 0.05) is 28.9 Å². The van der Waals surface area contributed by atoms with Crippen molar-refractivity contribution in [1.82, 2.24) is 10.4 Å². The van der Waals surface area contributed by atoms with Crippen LogP contribution in [0.1, 0.15) is 47.0 Å². The molecule has 5 heteroatoms. The summed E-state index contributed by atoms with van der Waals surface area (Å²) in [7, 11) is 0. The summed E-state index contributed by atoms with van der Waals surface area (Å²) in [4.78, 5) is 11.6. The molecule has 1 rings (SSSR count). The Morgan fingerprint density at radius 2 is 1.82 bits per heavy atom. The lowest BCUT2D eigenvalue weighted by Crippen LogP contribution is -2.62. The number of nitrogens with one attached hydrogen (secondary N) is 1. The molecule has 0 radical (unpaired) electrons. The average Bonchev–Trinajstić information content (AvgIpc) is 2.13. The summed E-state index contributed by atoms with van der Waals surface area (Å²) in [6.07, 6.45) is 2.03. The largest absolute Gasteiger partial charge is 0.353 e. The Bertz CT molecular complexity index is 274. The molecule has 0 aromatic heterocycles. The fourth-order valence-corrected chi connectivity index (χ4v) is 3.12. The molecule has 0 aliphatic carbocycles. The lowest BCUT2D eigenvalue weighted by atomic mass is 9.79. The topological polar surface area (TPSA) is 52.6 Å². The number of carbonyl (C=O) groups excluding carboxylic acids is 1. The number of nitrogens with zero attached hydrogens (tertiary/aromatic N) is 1. The zero-order valence-corrected chi connectivity index (χ0v) is 12.7. The van der Waals surface area contributed by atoms with Gasteiger partial charge in [-0.25, -0.2) is 0 Å². The van der Waals surface area contributed by atoms with Crippen molar-refractivity contribution in [3.63, 3.8) is 0 Å². The van der Waals surface area contributed by atoms with Crippen LogP contribution in [0.25, 0.3) is 0 Å². The summed E-state index contributed by atoms with van der Waals surface area (Å²) in [6.45, 7) is 7.99. The third-order valence-corrected chi connectivity index (χ3v) is 3.72. The fourth-order valence-electron chi connectivity index (χ4n) is 2.76. The molecule has 2 N–H and O–H groups in total. The van der Waals surface area contributed by atoms with E-state index >= 15 is 0 Å². The highest BCUT2D eigenvalue weighted by molar-refractivity contribution is 9.09. The maximum absolute atomic E-state index is 11.6. The van der Waals surface area contributed by atoms with Crippen molar-refractivity contribution < 1.29 is 10.0 Å². The Balaban J connectivity index is 2.68. The van der Waals surface area contributed by atoms with Crippen LogP contribution in [0.3, 0.4) is 0 Å². The zero-order chi connectivity index (χ0) is 13.3. The Morgan fingerprint density at radius 3 is 2.24 bits per heavy atom. The maximum Gasteiger partial charge on any atom is 0.221 e. The molecule has 1 amide bonds. The van der Waals surface area contributed by atoms with Gasteiger partial charge in [-0.3, -0.25) is 4.79 Å². The summed E-state index contributed by atoms with van der Waals surface area (Å²) < 4.78 is 0. The highest BCUT2D eigenvalue weighted by Crippen LogP contribution is 2.36. The van der Waals surface area contributed by atoms with E-state index in [9.17, 15) is 10.0 Å². The van der Waals surface area contributed by atoms with E-state index in [1.165, 1.54) is 5.06 Å². The second-order valence-electron chi connectivity index (χ2n) is 6.05. The van der Waals surface area contributed by atoms with Gasteiger partial charge in [-0.1, -0.05) is 15.9 Å². The lowest BCUT2D eigenvalue weighted by molar-refractivity contribution is -0.246. The van der Waals surface area contributed by atoms with E-state index in [-0.39, 0.29) is 23.0 Å². The number of rotatable bonds is 3. The Hall–Kier alpha value is -0.130. The minimum atomic E-state index is -0.311. The van der Waals surface area contributed by atoms with Crippen LogP contribution in [0.15, 0.2) is 0 Å². The molecule has 0 spiro atoms. The van der Waals surface area contributed by atoms with Crippen LogP contribution < -0.4 is 5.32 Å². The first-order chi connectivity index (χ1) is 7.69. The molecule has 0 bridgehead atoms. The van der Waals surface area contributed by atoms with Crippen molar-refractivity contribution in [2.45, 2.75) is 64.1 Å². The predicted molar refractivity (Wildman–Crippen MR) is 71.4 cm³/mol. The standard InChI is InChI=1S/C12H23BrN2O2/c1-11(2)7-9(14-10(16)5-6-13)8-12(3,4)15(11)17/h9,17H,5-8H2,1-4H3,(H,14,16). The summed E-state index contributed by atoms with van der Waals surface area (Å²) >= 11 is 3.26. The van der Waals surface area contributed by atoms with Gasteiger partial charge < -0.3 is 10.5 Å². The number of hydrogen-bond acceptors (Lipinski definition) is 3. The predicted octanol–water partition coefficient (Wildman–Crippen LogP) is 2.30. The number of hydrogen-bond donors (Lipinski definition) is 2. The average molecular weight is 307 g/mol. The van der Waals surface area contributed by atoms with E-state index in [0.717, 1.165) is 12.8 Å². The normalized spacial score (nSPS) is 24.6. The van der Waals surface area contributed by atoms with E-state index < -0.39 is 0 Å². The van der Waals surface area contributed by atoms with Crippen molar-refractivity contribution in [2.24, 2.45) is 0 Å². The third kappa shape index (κ3) is 3.66. The minimum absolute atomic E-state index is 0.0739. The molecule has 0 saturated carbocycles. The molecule has 0 aromatic rings. The SMILES string of the molecule is CC1(C)CC(NC(=O)CCBr)CC(C)(C)N1O. The van der Waals surface area contributed by atoms with Crippen molar-refractivity contribution in [3.8, 4) is 0 Å². The smallest absolute Gasteiger partial charge is 0.221 e. The second kappa shape index (κ2) is 5.24. The first kappa shape index (κ1) is 14.9. The molecule has 1 saturated heterocycles. The van der Waals surface area contributed by atoms with E-state index in [4.69, 9.17) is 0 Å². The quantitative estimate of drug-likeness (QED) is 0.787. The van der Waals surface area contributed by atoms with Crippen molar-refractivity contribution >= 4 is 21.8 Å². The molecule has 1 fully saturated rings. The molecular formula is C12H23BrN2O2. The van der Waals surface area contributed by atoms with E-state index in [1.54, 1.807) is 0 Å². The Kier molecular flexibility index (Phi) is 4.60. The first-order valence-electron chi connectivity index (χ1n) is 6.03. The summed E-state index contributed by atoms with van der Waals surface area (Å²) in [6, 6.07) is 0.134. The number of piperidine rings is 1. The molecule has 1 heterocycles. The van der Waals surface area contributed by atoms with Gasteiger partial charge in [0.1, 0.15) is 0 Å². The molecule has 1 aliphatic heterocycles. The van der Waals surface area contributed by atoms with E-state index in [0.29, 0.717) is 11.8 Å². The van der Waals surface area contributed by atoms with Gasteiger partial charge in [0.05, 0.1) is 0 Å². The van der Waals surface area contributed by atoms with Crippen LogP contribution in [-0.4, -0.2) is 38.6 Å². The van der Waals surface area contributed by atoms with Crippen molar-refractivity contribution in [2.75, 3.05) is 5.33 Å². The molecule has 0 atom stereocenters. The number of amides is 1. The van der Waals surface area contributed by atoms with Gasteiger partial charge in [0.25, 0.3) is 0 Å². The summed E-state index contributed by atoms with van der Waals surface area (Å²) in [5.74, 6) is 0.0739. The summed E-state index contributed by atoms with van der Waals surface area (Å²) in [5.41, 5.74) is -0.623. The van der Waals surface area contributed by atoms with Gasteiger partial charge in [0.2, 0.25) is 5.91 Å². The number of alkyl halides is 1. The van der Waals surface area contributed by atoms with Gasteiger partial charge in [-0.15, -0.1) is 0 Å². The first-order valence-corrected chi connectivity index (χ1v) is 7.16. The molecular weight excluding hydrogens is 284 g/mol. The van der Waals surface area contributed by atoms with Gasteiger partial charge in [-0.2, -0.15) is 5.06 Å². The molecule has 1 aliphatic rings.